The van der Waals surface area contributed by atoms with E-state index in [1.165, 1.54) is 0 Å². The third-order valence-corrected chi connectivity index (χ3v) is 7.36. The summed E-state index contributed by atoms with van der Waals surface area (Å²) in [6.07, 6.45) is 5.33. The number of amides is 2. The molecule has 1 saturated heterocycles. The zero-order valence-electron chi connectivity index (χ0n) is 18.7. The second-order valence-corrected chi connectivity index (χ2v) is 9.12. The third kappa shape index (κ3) is 3.51. The van der Waals surface area contributed by atoms with Crippen LogP contribution in [0.4, 0.5) is 5.69 Å². The SMILES string of the molecule is CCC(=O)N1[C@@H]2c3ccc(C4=CCCC4)c(=O)n3C[C@@H]2[C@@H](CO)[C@@H]1C(=O)Nc1ccccc1. The zero-order chi connectivity index (χ0) is 23.1. The van der Waals surface area contributed by atoms with Crippen LogP contribution in [-0.4, -0.2) is 39.0 Å². The summed E-state index contributed by atoms with van der Waals surface area (Å²) in [6, 6.07) is 11.7. The van der Waals surface area contributed by atoms with Gasteiger partial charge in [-0.2, -0.15) is 0 Å². The van der Waals surface area contributed by atoms with E-state index >= 15 is 0 Å². The van der Waals surface area contributed by atoms with Gasteiger partial charge in [-0.15, -0.1) is 0 Å². The molecule has 172 valence electrons. The number of aromatic nitrogens is 1. The lowest BCUT2D eigenvalue weighted by molar-refractivity contribution is -0.139. The molecule has 5 rings (SSSR count). The number of aliphatic hydroxyl groups excluding tert-OH is 1. The first-order valence-corrected chi connectivity index (χ1v) is 11.8. The van der Waals surface area contributed by atoms with E-state index in [1.807, 2.05) is 30.3 Å². The van der Waals surface area contributed by atoms with Crippen LogP contribution >= 0.6 is 0 Å². The molecule has 1 aromatic carbocycles. The van der Waals surface area contributed by atoms with E-state index in [1.54, 1.807) is 28.5 Å². The van der Waals surface area contributed by atoms with Crippen molar-refractivity contribution in [3.63, 3.8) is 0 Å². The fourth-order valence-corrected chi connectivity index (χ4v) is 5.85. The molecule has 0 bridgehead atoms. The molecule has 0 spiro atoms. The highest BCUT2D eigenvalue weighted by Gasteiger charge is 2.57. The third-order valence-electron chi connectivity index (χ3n) is 7.36. The van der Waals surface area contributed by atoms with E-state index in [4.69, 9.17) is 0 Å². The summed E-state index contributed by atoms with van der Waals surface area (Å²) >= 11 is 0. The first kappa shape index (κ1) is 21.6. The highest BCUT2D eigenvalue weighted by molar-refractivity contribution is 5.98. The van der Waals surface area contributed by atoms with Gasteiger partial charge in [0, 0.05) is 48.4 Å². The van der Waals surface area contributed by atoms with Gasteiger partial charge in [-0.25, -0.2) is 0 Å². The van der Waals surface area contributed by atoms with Crippen LogP contribution in [0.15, 0.2) is 53.3 Å². The highest BCUT2D eigenvalue weighted by Crippen LogP contribution is 2.49. The van der Waals surface area contributed by atoms with Crippen molar-refractivity contribution in [2.24, 2.45) is 11.8 Å². The van der Waals surface area contributed by atoms with Gasteiger partial charge in [-0.05, 0) is 49.1 Å². The first-order chi connectivity index (χ1) is 16.0. The van der Waals surface area contributed by atoms with Crippen LogP contribution in [0.2, 0.25) is 0 Å². The minimum absolute atomic E-state index is 0.0408. The number of likely N-dealkylation sites (tertiary alicyclic amines) is 1. The van der Waals surface area contributed by atoms with Crippen LogP contribution < -0.4 is 10.9 Å². The van der Waals surface area contributed by atoms with Crippen molar-refractivity contribution in [3.8, 4) is 0 Å². The number of pyridine rings is 1. The molecular formula is C26H29N3O4. The number of carbonyl (C=O) groups is 2. The number of benzene rings is 1. The smallest absolute Gasteiger partial charge is 0.258 e. The van der Waals surface area contributed by atoms with E-state index in [9.17, 15) is 19.5 Å². The fourth-order valence-electron chi connectivity index (χ4n) is 5.85. The summed E-state index contributed by atoms with van der Waals surface area (Å²) in [5.41, 5.74) is 3.17. The Morgan fingerprint density at radius 3 is 2.61 bits per heavy atom. The van der Waals surface area contributed by atoms with Crippen LogP contribution in [0.3, 0.4) is 0 Å². The molecule has 4 atom stereocenters. The number of carbonyl (C=O) groups excluding carboxylic acids is 2. The number of rotatable bonds is 5. The van der Waals surface area contributed by atoms with Crippen molar-refractivity contribution >= 4 is 23.1 Å². The lowest BCUT2D eigenvalue weighted by Gasteiger charge is -2.30. The van der Waals surface area contributed by atoms with E-state index in [-0.39, 0.29) is 36.3 Å². The standard InChI is InChI=1S/C26H29N3O4/c1-2-22(31)29-23-19(20(15-30)24(29)25(32)27-17-10-4-3-5-11-17)14-28-21(23)13-12-18(26(28)33)16-8-6-7-9-16/h3-5,8,10-13,19-20,23-24,30H,2,6-7,9,14-15H2,1H3,(H,27,32)/t19-,20-,23+,24-/m1/s1. The summed E-state index contributed by atoms with van der Waals surface area (Å²) in [4.78, 5) is 41.5. The van der Waals surface area contributed by atoms with E-state index in [0.717, 1.165) is 36.1 Å². The molecule has 1 aromatic heterocycles. The van der Waals surface area contributed by atoms with Crippen molar-refractivity contribution in [1.82, 2.24) is 9.47 Å². The maximum atomic E-state index is 13.4. The first-order valence-electron chi connectivity index (χ1n) is 11.8. The Kier molecular flexibility index (Phi) is 5.66. The predicted molar refractivity (Wildman–Crippen MR) is 125 cm³/mol. The molecule has 7 heteroatoms. The van der Waals surface area contributed by atoms with Crippen molar-refractivity contribution in [3.05, 3.63) is 70.2 Å². The molecule has 0 saturated carbocycles. The minimum Gasteiger partial charge on any atom is -0.396 e. The van der Waals surface area contributed by atoms with Crippen molar-refractivity contribution in [2.45, 2.75) is 51.2 Å². The Morgan fingerprint density at radius 2 is 1.94 bits per heavy atom. The second kappa shape index (κ2) is 8.63. The maximum absolute atomic E-state index is 13.4. The van der Waals surface area contributed by atoms with Crippen molar-refractivity contribution in [1.29, 1.82) is 0 Å². The number of nitrogens with one attached hydrogen (secondary N) is 1. The molecule has 0 unspecified atom stereocenters. The lowest BCUT2D eigenvalue weighted by atomic mass is 9.88. The lowest BCUT2D eigenvalue weighted by Crippen LogP contribution is -2.48. The number of aliphatic hydroxyl groups is 1. The van der Waals surface area contributed by atoms with Gasteiger partial charge in [0.25, 0.3) is 5.56 Å². The van der Waals surface area contributed by atoms with E-state index < -0.39 is 18.0 Å². The number of fused-ring (bicyclic) bond motifs is 3. The molecule has 33 heavy (non-hydrogen) atoms. The van der Waals surface area contributed by atoms with Crippen LogP contribution in [-0.2, 0) is 16.1 Å². The molecular weight excluding hydrogens is 418 g/mol. The van der Waals surface area contributed by atoms with Gasteiger partial charge in [0.1, 0.15) is 6.04 Å². The molecule has 7 nitrogen and oxygen atoms in total. The monoisotopic (exact) mass is 447 g/mol. The summed E-state index contributed by atoms with van der Waals surface area (Å²) in [5, 5.41) is 13.2. The number of para-hydroxylation sites is 1. The van der Waals surface area contributed by atoms with Crippen molar-refractivity contribution in [2.75, 3.05) is 11.9 Å². The summed E-state index contributed by atoms with van der Waals surface area (Å²) in [5.74, 6) is -1.11. The Balaban J connectivity index is 1.54. The molecule has 2 aromatic rings. The normalized spacial score (nSPS) is 25.5. The quantitative estimate of drug-likeness (QED) is 0.737. The molecule has 0 radical (unpaired) electrons. The van der Waals surface area contributed by atoms with Gasteiger partial charge in [-0.3, -0.25) is 14.4 Å². The molecule has 1 fully saturated rings. The van der Waals surface area contributed by atoms with Gasteiger partial charge in [0.15, 0.2) is 0 Å². The molecule has 2 aliphatic heterocycles. The van der Waals surface area contributed by atoms with Gasteiger partial charge in [-0.1, -0.05) is 31.2 Å². The number of nitrogens with zero attached hydrogens (tertiary/aromatic N) is 2. The minimum atomic E-state index is -0.793. The number of allylic oxidation sites excluding steroid dienone is 2. The Morgan fingerprint density at radius 1 is 1.15 bits per heavy atom. The predicted octanol–water partition coefficient (Wildman–Crippen LogP) is 2.95. The van der Waals surface area contributed by atoms with Crippen LogP contribution in [0, 0.1) is 11.8 Å². The van der Waals surface area contributed by atoms with Gasteiger partial charge in [0.05, 0.1) is 6.04 Å². The Bertz CT molecular complexity index is 1170. The number of anilines is 1. The van der Waals surface area contributed by atoms with E-state index in [2.05, 4.69) is 11.4 Å². The largest absolute Gasteiger partial charge is 0.396 e. The number of hydrogen-bond donors (Lipinski definition) is 2. The summed E-state index contributed by atoms with van der Waals surface area (Å²) in [6.45, 7) is 1.93. The fraction of sp³-hybridized carbons (Fsp3) is 0.423. The summed E-state index contributed by atoms with van der Waals surface area (Å²) in [7, 11) is 0. The van der Waals surface area contributed by atoms with Gasteiger partial charge < -0.3 is 19.9 Å². The van der Waals surface area contributed by atoms with Gasteiger partial charge >= 0.3 is 0 Å². The van der Waals surface area contributed by atoms with Crippen LogP contribution in [0.5, 0.6) is 0 Å². The molecule has 3 heterocycles. The Hall–Kier alpha value is -3.19. The Labute approximate surface area is 192 Å². The number of hydrogen-bond acceptors (Lipinski definition) is 4. The average Bonchev–Trinajstić information content (AvgIpc) is 3.55. The van der Waals surface area contributed by atoms with Crippen LogP contribution in [0.1, 0.15) is 49.9 Å². The van der Waals surface area contributed by atoms with E-state index in [0.29, 0.717) is 12.2 Å². The molecule has 2 N–H and O–H groups in total. The topological polar surface area (TPSA) is 91.6 Å². The van der Waals surface area contributed by atoms with Gasteiger partial charge in [0.2, 0.25) is 11.8 Å². The summed E-state index contributed by atoms with van der Waals surface area (Å²) < 4.78 is 1.76. The van der Waals surface area contributed by atoms with Crippen LogP contribution in [0.25, 0.3) is 5.57 Å². The maximum Gasteiger partial charge on any atom is 0.258 e. The highest BCUT2D eigenvalue weighted by atomic mass is 16.3. The molecule has 1 aliphatic carbocycles. The molecule has 2 amide bonds. The zero-order valence-corrected chi connectivity index (χ0v) is 18.7. The second-order valence-electron chi connectivity index (χ2n) is 9.12. The average molecular weight is 448 g/mol. The van der Waals surface area contributed by atoms with Crippen molar-refractivity contribution < 1.29 is 14.7 Å². The molecule has 3 aliphatic rings.